The lowest BCUT2D eigenvalue weighted by atomic mass is 9.75. The second-order valence-electron chi connectivity index (χ2n) is 5.81. The summed E-state index contributed by atoms with van der Waals surface area (Å²) >= 11 is 1.93. The Morgan fingerprint density at radius 2 is 2.22 bits per heavy atom. The van der Waals surface area contributed by atoms with Crippen molar-refractivity contribution >= 4 is 17.7 Å². The van der Waals surface area contributed by atoms with Crippen molar-refractivity contribution in [2.45, 2.75) is 57.7 Å². The lowest BCUT2D eigenvalue weighted by Gasteiger charge is -2.40. The molecule has 3 nitrogen and oxygen atoms in total. The average molecular weight is 273 g/mol. The summed E-state index contributed by atoms with van der Waals surface area (Å²) < 4.78 is 4.69. The van der Waals surface area contributed by atoms with Gasteiger partial charge in [-0.15, -0.1) is 0 Å². The number of ether oxygens (including phenoxy) is 1. The quantitative estimate of drug-likeness (QED) is 0.755. The number of hydrogen-bond acceptors (Lipinski definition) is 4. The average Bonchev–Trinajstić information content (AvgIpc) is 2.32. The maximum atomic E-state index is 11.1. The molecular formula is C14H27NO2S. The highest BCUT2D eigenvalue weighted by Crippen LogP contribution is 2.40. The van der Waals surface area contributed by atoms with Crippen LogP contribution in [0.5, 0.6) is 0 Å². The standard InChI is InChI=1S/C14H27NO2S/c1-5-15-11-6-8-14(2,3)10-12(11)18-9-7-13(16)17-4/h11-12,15H,5-10H2,1-4H3. The van der Waals surface area contributed by atoms with Gasteiger partial charge in [-0.25, -0.2) is 0 Å². The molecule has 0 spiro atoms. The van der Waals surface area contributed by atoms with Gasteiger partial charge < -0.3 is 10.1 Å². The van der Waals surface area contributed by atoms with Crippen LogP contribution in [-0.2, 0) is 9.53 Å². The van der Waals surface area contributed by atoms with Crippen LogP contribution in [-0.4, -0.2) is 36.7 Å². The molecule has 1 fully saturated rings. The number of carbonyl (C=O) groups is 1. The van der Waals surface area contributed by atoms with Crippen LogP contribution in [0, 0.1) is 5.41 Å². The monoisotopic (exact) mass is 273 g/mol. The molecule has 0 aliphatic heterocycles. The number of hydrogen-bond donors (Lipinski definition) is 1. The maximum absolute atomic E-state index is 11.1. The van der Waals surface area contributed by atoms with Crippen molar-refractivity contribution in [2.75, 3.05) is 19.4 Å². The molecule has 0 saturated heterocycles. The van der Waals surface area contributed by atoms with Crippen LogP contribution >= 0.6 is 11.8 Å². The molecule has 0 bridgehead atoms. The van der Waals surface area contributed by atoms with Gasteiger partial charge in [0, 0.05) is 17.0 Å². The van der Waals surface area contributed by atoms with Crippen LogP contribution in [0.15, 0.2) is 0 Å². The molecule has 1 aliphatic carbocycles. The first-order valence-corrected chi connectivity index (χ1v) is 7.95. The zero-order valence-corrected chi connectivity index (χ0v) is 12.9. The Labute approximate surface area is 115 Å². The third-order valence-electron chi connectivity index (χ3n) is 3.67. The number of nitrogens with one attached hydrogen (secondary N) is 1. The third kappa shape index (κ3) is 5.19. The van der Waals surface area contributed by atoms with Gasteiger partial charge in [-0.3, -0.25) is 4.79 Å². The molecule has 1 aliphatic rings. The summed E-state index contributed by atoms with van der Waals surface area (Å²) in [5.41, 5.74) is 0.439. The minimum atomic E-state index is -0.0995. The van der Waals surface area contributed by atoms with E-state index in [4.69, 9.17) is 0 Å². The first kappa shape index (κ1) is 15.8. The third-order valence-corrected chi connectivity index (χ3v) is 5.03. The van der Waals surface area contributed by atoms with Gasteiger partial charge in [-0.05, 0) is 31.2 Å². The summed E-state index contributed by atoms with van der Waals surface area (Å²) in [6.45, 7) is 7.89. The molecule has 1 N–H and O–H groups in total. The number of esters is 1. The highest BCUT2D eigenvalue weighted by atomic mass is 32.2. The molecule has 4 heteroatoms. The van der Waals surface area contributed by atoms with E-state index in [1.54, 1.807) is 0 Å². The van der Waals surface area contributed by atoms with E-state index in [-0.39, 0.29) is 5.97 Å². The number of carbonyl (C=O) groups excluding carboxylic acids is 1. The molecule has 0 aromatic heterocycles. The summed E-state index contributed by atoms with van der Waals surface area (Å²) in [5.74, 6) is 0.771. The topological polar surface area (TPSA) is 38.3 Å². The predicted molar refractivity (Wildman–Crippen MR) is 78.0 cm³/mol. The molecule has 2 unspecified atom stereocenters. The molecule has 0 radical (unpaired) electrons. The molecular weight excluding hydrogens is 246 g/mol. The van der Waals surface area contributed by atoms with Crippen LogP contribution < -0.4 is 5.32 Å². The van der Waals surface area contributed by atoms with Gasteiger partial charge in [0.1, 0.15) is 0 Å². The minimum Gasteiger partial charge on any atom is -0.469 e. The number of rotatable bonds is 6. The Morgan fingerprint density at radius 1 is 1.50 bits per heavy atom. The first-order chi connectivity index (χ1) is 8.48. The Morgan fingerprint density at radius 3 is 2.83 bits per heavy atom. The van der Waals surface area contributed by atoms with Gasteiger partial charge in [-0.2, -0.15) is 11.8 Å². The van der Waals surface area contributed by atoms with E-state index in [0.29, 0.717) is 23.1 Å². The SMILES string of the molecule is CCNC1CCC(C)(C)CC1SCCC(=O)OC. The van der Waals surface area contributed by atoms with E-state index >= 15 is 0 Å². The molecule has 106 valence electrons. The molecule has 2 atom stereocenters. The van der Waals surface area contributed by atoms with Gasteiger partial charge in [-0.1, -0.05) is 20.8 Å². The summed E-state index contributed by atoms with van der Waals surface area (Å²) in [7, 11) is 1.46. The number of thioether (sulfide) groups is 1. The Bertz CT molecular complexity index is 269. The largest absolute Gasteiger partial charge is 0.469 e. The maximum Gasteiger partial charge on any atom is 0.306 e. The molecule has 0 aromatic rings. The second-order valence-corrected chi connectivity index (χ2v) is 7.15. The number of methoxy groups -OCH3 is 1. The van der Waals surface area contributed by atoms with Gasteiger partial charge in [0.15, 0.2) is 0 Å². The van der Waals surface area contributed by atoms with E-state index in [2.05, 4.69) is 30.8 Å². The second kappa shape index (κ2) is 7.39. The van der Waals surface area contributed by atoms with Gasteiger partial charge in [0.05, 0.1) is 13.5 Å². The molecule has 0 heterocycles. The van der Waals surface area contributed by atoms with E-state index in [9.17, 15) is 4.79 Å². The van der Waals surface area contributed by atoms with Crippen LogP contribution in [0.3, 0.4) is 0 Å². The predicted octanol–water partition coefficient (Wildman–Crippen LogP) is 2.84. The normalized spacial score (nSPS) is 26.9. The van der Waals surface area contributed by atoms with Crippen LogP contribution in [0.25, 0.3) is 0 Å². The highest BCUT2D eigenvalue weighted by molar-refractivity contribution is 7.99. The molecule has 1 rings (SSSR count). The Hall–Kier alpha value is -0.220. The Balaban J connectivity index is 2.43. The summed E-state index contributed by atoms with van der Waals surface area (Å²) in [6, 6.07) is 0.602. The molecule has 1 saturated carbocycles. The lowest BCUT2D eigenvalue weighted by molar-refractivity contribution is -0.140. The smallest absolute Gasteiger partial charge is 0.306 e. The van der Waals surface area contributed by atoms with Crippen molar-refractivity contribution in [3.63, 3.8) is 0 Å². The Kier molecular flexibility index (Phi) is 6.50. The first-order valence-electron chi connectivity index (χ1n) is 6.90. The minimum absolute atomic E-state index is 0.0995. The molecule has 0 amide bonds. The van der Waals surface area contributed by atoms with E-state index in [0.717, 1.165) is 12.3 Å². The highest BCUT2D eigenvalue weighted by Gasteiger charge is 2.34. The fourth-order valence-corrected chi connectivity index (χ4v) is 4.21. The summed E-state index contributed by atoms with van der Waals surface area (Å²) in [5, 5.41) is 4.21. The zero-order valence-electron chi connectivity index (χ0n) is 12.1. The van der Waals surface area contributed by atoms with Crippen molar-refractivity contribution in [1.29, 1.82) is 0 Å². The summed E-state index contributed by atoms with van der Waals surface area (Å²) in [4.78, 5) is 11.1. The van der Waals surface area contributed by atoms with Crippen LogP contribution in [0.2, 0.25) is 0 Å². The van der Waals surface area contributed by atoms with Crippen molar-refractivity contribution in [3.05, 3.63) is 0 Å². The fourth-order valence-electron chi connectivity index (χ4n) is 2.59. The lowest BCUT2D eigenvalue weighted by Crippen LogP contribution is -2.44. The zero-order chi connectivity index (χ0) is 13.6. The van der Waals surface area contributed by atoms with Gasteiger partial charge in [0.25, 0.3) is 0 Å². The van der Waals surface area contributed by atoms with Gasteiger partial charge in [0.2, 0.25) is 0 Å². The van der Waals surface area contributed by atoms with Gasteiger partial charge >= 0.3 is 5.97 Å². The fraction of sp³-hybridized carbons (Fsp3) is 0.929. The van der Waals surface area contributed by atoms with E-state index in [1.165, 1.54) is 26.4 Å². The van der Waals surface area contributed by atoms with E-state index in [1.807, 2.05) is 11.8 Å². The van der Waals surface area contributed by atoms with Crippen molar-refractivity contribution < 1.29 is 9.53 Å². The van der Waals surface area contributed by atoms with Crippen LogP contribution in [0.1, 0.15) is 46.5 Å². The van der Waals surface area contributed by atoms with Crippen molar-refractivity contribution in [1.82, 2.24) is 5.32 Å². The molecule has 0 aromatic carbocycles. The van der Waals surface area contributed by atoms with Crippen molar-refractivity contribution in [3.8, 4) is 0 Å². The van der Waals surface area contributed by atoms with E-state index < -0.39 is 0 Å². The molecule has 18 heavy (non-hydrogen) atoms. The van der Waals surface area contributed by atoms with Crippen LogP contribution in [0.4, 0.5) is 0 Å². The van der Waals surface area contributed by atoms with Crippen molar-refractivity contribution in [2.24, 2.45) is 5.41 Å². The summed E-state index contributed by atoms with van der Waals surface area (Å²) in [6.07, 6.45) is 4.29.